The monoisotopic (exact) mass is 485 g/mol. The SMILES string of the molecule is COc1cccc(-n2c(CC3CC(=O)NC(=O)N3)nnc2SCC(=O)c2ccc(Cl)cc2)c1. The molecule has 0 spiro atoms. The van der Waals surface area contributed by atoms with Crippen LogP contribution in [0.1, 0.15) is 22.6 Å². The lowest BCUT2D eigenvalue weighted by Gasteiger charge is -2.23. The average molecular weight is 486 g/mol. The van der Waals surface area contributed by atoms with Gasteiger partial charge in [-0.3, -0.25) is 19.5 Å². The number of Topliss-reactive ketones (excluding diaryl/α,β-unsaturated/α-hetero) is 1. The Morgan fingerprint density at radius 1 is 1.21 bits per heavy atom. The summed E-state index contributed by atoms with van der Waals surface area (Å²) < 4.78 is 7.15. The number of nitrogens with one attached hydrogen (secondary N) is 2. The van der Waals surface area contributed by atoms with Crippen molar-refractivity contribution >= 4 is 41.1 Å². The zero-order valence-corrected chi connectivity index (χ0v) is 19.2. The largest absolute Gasteiger partial charge is 0.497 e. The van der Waals surface area contributed by atoms with Gasteiger partial charge in [-0.15, -0.1) is 10.2 Å². The Morgan fingerprint density at radius 3 is 2.73 bits per heavy atom. The van der Waals surface area contributed by atoms with Crippen LogP contribution in [0.5, 0.6) is 5.75 Å². The second kappa shape index (κ2) is 10.1. The third-order valence-corrected chi connectivity index (χ3v) is 6.14. The Morgan fingerprint density at radius 2 is 2.00 bits per heavy atom. The van der Waals surface area contributed by atoms with E-state index in [1.165, 1.54) is 11.8 Å². The molecular weight excluding hydrogens is 466 g/mol. The minimum absolute atomic E-state index is 0.0744. The predicted molar refractivity (Wildman–Crippen MR) is 123 cm³/mol. The first-order valence-corrected chi connectivity index (χ1v) is 11.4. The van der Waals surface area contributed by atoms with Gasteiger partial charge < -0.3 is 10.1 Å². The van der Waals surface area contributed by atoms with E-state index < -0.39 is 12.1 Å². The molecule has 2 N–H and O–H groups in total. The van der Waals surface area contributed by atoms with E-state index in [1.807, 2.05) is 24.3 Å². The first-order chi connectivity index (χ1) is 15.9. The van der Waals surface area contributed by atoms with Crippen molar-refractivity contribution < 1.29 is 19.1 Å². The number of benzene rings is 2. The van der Waals surface area contributed by atoms with Crippen molar-refractivity contribution in [1.29, 1.82) is 0 Å². The summed E-state index contributed by atoms with van der Waals surface area (Å²) in [6.07, 6.45) is 0.420. The zero-order valence-electron chi connectivity index (χ0n) is 17.6. The number of nitrogens with zero attached hydrogens (tertiary/aromatic N) is 3. The lowest BCUT2D eigenvalue weighted by Crippen LogP contribution is -2.53. The Kier molecular flexibility index (Phi) is 6.95. The highest BCUT2D eigenvalue weighted by atomic mass is 35.5. The molecule has 1 saturated heterocycles. The minimum atomic E-state index is -0.535. The molecular formula is C22H20ClN5O4S. The summed E-state index contributed by atoms with van der Waals surface area (Å²) in [4.78, 5) is 36.1. The van der Waals surface area contributed by atoms with Crippen LogP contribution >= 0.6 is 23.4 Å². The summed E-state index contributed by atoms with van der Waals surface area (Å²) in [6, 6.07) is 13.1. The topological polar surface area (TPSA) is 115 Å². The van der Waals surface area contributed by atoms with E-state index in [0.29, 0.717) is 27.3 Å². The molecule has 3 aromatic rings. The highest BCUT2D eigenvalue weighted by Crippen LogP contribution is 2.26. The highest BCUT2D eigenvalue weighted by Gasteiger charge is 2.27. The van der Waals surface area contributed by atoms with Crippen LogP contribution in [-0.4, -0.2) is 51.4 Å². The summed E-state index contributed by atoms with van der Waals surface area (Å²) in [6.45, 7) is 0. The molecule has 11 heteroatoms. The van der Waals surface area contributed by atoms with Crippen LogP contribution in [0.15, 0.2) is 53.7 Å². The number of hydrogen-bond acceptors (Lipinski definition) is 7. The Labute approximate surface area is 198 Å². The van der Waals surface area contributed by atoms with E-state index in [-0.39, 0.29) is 30.3 Å². The van der Waals surface area contributed by atoms with Crippen LogP contribution in [-0.2, 0) is 11.2 Å². The van der Waals surface area contributed by atoms with Gasteiger partial charge in [0.2, 0.25) is 5.91 Å². The number of imide groups is 1. The molecule has 0 saturated carbocycles. The summed E-state index contributed by atoms with van der Waals surface area (Å²) in [5.74, 6) is 0.913. The minimum Gasteiger partial charge on any atom is -0.497 e. The lowest BCUT2D eigenvalue weighted by molar-refractivity contribution is -0.121. The third-order valence-electron chi connectivity index (χ3n) is 4.96. The molecule has 33 heavy (non-hydrogen) atoms. The van der Waals surface area contributed by atoms with Crippen molar-refractivity contribution in [2.75, 3.05) is 12.9 Å². The normalized spacial score (nSPS) is 15.6. The molecule has 2 heterocycles. The number of carbonyl (C=O) groups excluding carboxylic acids is 3. The molecule has 2 aromatic carbocycles. The molecule has 1 unspecified atom stereocenters. The van der Waals surface area contributed by atoms with Crippen molar-refractivity contribution in [3.05, 3.63) is 64.9 Å². The molecule has 4 rings (SSSR count). The fourth-order valence-corrected chi connectivity index (χ4v) is 4.39. The number of ether oxygens (including phenoxy) is 1. The summed E-state index contributed by atoms with van der Waals surface area (Å²) in [5.41, 5.74) is 1.29. The van der Waals surface area contributed by atoms with E-state index in [2.05, 4.69) is 20.8 Å². The lowest BCUT2D eigenvalue weighted by atomic mass is 10.1. The maximum Gasteiger partial charge on any atom is 0.321 e. The van der Waals surface area contributed by atoms with E-state index in [1.54, 1.807) is 35.9 Å². The number of hydrogen-bond donors (Lipinski definition) is 2. The Bertz CT molecular complexity index is 1180. The second-order valence-electron chi connectivity index (χ2n) is 7.28. The second-order valence-corrected chi connectivity index (χ2v) is 8.66. The van der Waals surface area contributed by atoms with E-state index in [0.717, 1.165) is 5.69 Å². The van der Waals surface area contributed by atoms with E-state index in [9.17, 15) is 14.4 Å². The maximum absolute atomic E-state index is 12.6. The number of rotatable bonds is 8. The van der Waals surface area contributed by atoms with Gasteiger partial charge in [-0.25, -0.2) is 4.79 Å². The molecule has 1 fully saturated rings. The number of halogens is 1. The fourth-order valence-electron chi connectivity index (χ4n) is 3.40. The van der Waals surface area contributed by atoms with Gasteiger partial charge in [0, 0.05) is 35.5 Å². The summed E-state index contributed by atoms with van der Waals surface area (Å²) in [5, 5.41) is 14.6. The molecule has 1 aromatic heterocycles. The van der Waals surface area contributed by atoms with Gasteiger partial charge in [0.05, 0.1) is 18.6 Å². The first-order valence-electron chi connectivity index (χ1n) is 10.0. The van der Waals surface area contributed by atoms with Gasteiger partial charge in [0.15, 0.2) is 10.9 Å². The molecule has 0 bridgehead atoms. The van der Waals surface area contributed by atoms with Gasteiger partial charge in [-0.05, 0) is 36.4 Å². The Hall–Kier alpha value is -3.37. The molecule has 3 amide bonds. The van der Waals surface area contributed by atoms with Crippen LogP contribution in [0.2, 0.25) is 5.02 Å². The van der Waals surface area contributed by atoms with Crippen LogP contribution < -0.4 is 15.4 Å². The number of methoxy groups -OCH3 is 1. The standard InChI is InChI=1S/C22H20ClN5O4S/c1-32-17-4-2-3-16(11-17)28-19(9-15-10-20(30)25-21(31)24-15)26-27-22(28)33-12-18(29)13-5-7-14(23)8-6-13/h2-8,11,15H,9-10,12H2,1H3,(H2,24,25,30,31). The van der Waals surface area contributed by atoms with Crippen LogP contribution in [0.25, 0.3) is 5.69 Å². The van der Waals surface area contributed by atoms with E-state index >= 15 is 0 Å². The van der Waals surface area contributed by atoms with Crippen molar-refractivity contribution in [3.63, 3.8) is 0 Å². The van der Waals surface area contributed by atoms with Gasteiger partial charge in [0.1, 0.15) is 11.6 Å². The molecule has 1 aliphatic heterocycles. The van der Waals surface area contributed by atoms with Crippen LogP contribution in [0.3, 0.4) is 0 Å². The number of thioether (sulfide) groups is 1. The summed E-state index contributed by atoms with van der Waals surface area (Å²) in [7, 11) is 1.57. The van der Waals surface area contributed by atoms with Crippen molar-refractivity contribution in [3.8, 4) is 11.4 Å². The molecule has 1 atom stereocenters. The molecule has 0 aliphatic carbocycles. The fraction of sp³-hybridized carbons (Fsp3) is 0.227. The molecule has 0 radical (unpaired) electrons. The van der Waals surface area contributed by atoms with Crippen molar-refractivity contribution in [1.82, 2.24) is 25.4 Å². The maximum atomic E-state index is 12.6. The van der Waals surface area contributed by atoms with Crippen LogP contribution in [0, 0.1) is 0 Å². The van der Waals surface area contributed by atoms with Gasteiger partial charge in [0.25, 0.3) is 0 Å². The van der Waals surface area contributed by atoms with Crippen molar-refractivity contribution in [2.24, 2.45) is 0 Å². The molecule has 1 aliphatic rings. The number of urea groups is 1. The molecule has 170 valence electrons. The number of ketones is 1. The third kappa shape index (κ3) is 5.52. The quantitative estimate of drug-likeness (QED) is 0.372. The molecule has 9 nitrogen and oxygen atoms in total. The number of carbonyl (C=O) groups is 3. The van der Waals surface area contributed by atoms with Gasteiger partial charge >= 0.3 is 6.03 Å². The highest BCUT2D eigenvalue weighted by molar-refractivity contribution is 7.99. The number of amides is 3. The Balaban J connectivity index is 1.60. The van der Waals surface area contributed by atoms with Crippen LogP contribution in [0.4, 0.5) is 4.79 Å². The zero-order chi connectivity index (χ0) is 23.4. The predicted octanol–water partition coefficient (Wildman–Crippen LogP) is 3.04. The van der Waals surface area contributed by atoms with Gasteiger partial charge in [-0.2, -0.15) is 0 Å². The summed E-state index contributed by atoms with van der Waals surface area (Å²) >= 11 is 7.15. The number of aromatic nitrogens is 3. The average Bonchev–Trinajstić information content (AvgIpc) is 3.19. The van der Waals surface area contributed by atoms with E-state index in [4.69, 9.17) is 16.3 Å². The smallest absolute Gasteiger partial charge is 0.321 e. The first kappa shape index (κ1) is 22.8. The van der Waals surface area contributed by atoms with Gasteiger partial charge in [-0.1, -0.05) is 29.4 Å². The van der Waals surface area contributed by atoms with Crippen molar-refractivity contribution in [2.45, 2.75) is 24.0 Å².